The average Bonchev–Trinajstić information content (AvgIpc) is 2.30. The van der Waals surface area contributed by atoms with Gasteiger partial charge in [0.2, 0.25) is 5.75 Å². The van der Waals surface area contributed by atoms with Gasteiger partial charge in [0.1, 0.15) is 5.60 Å². The number of nitrogens with zero attached hydrogens (tertiary/aromatic N) is 2. The quantitative estimate of drug-likeness (QED) is 0.505. The van der Waals surface area contributed by atoms with E-state index in [9.17, 15) is 20.0 Å². The Morgan fingerprint density at radius 1 is 1.52 bits per heavy atom. The van der Waals surface area contributed by atoms with E-state index in [1.807, 2.05) is 0 Å². The van der Waals surface area contributed by atoms with Crippen molar-refractivity contribution in [2.45, 2.75) is 26.4 Å². The Hall–Kier alpha value is -2.35. The summed E-state index contributed by atoms with van der Waals surface area (Å²) in [4.78, 5) is 21.3. The van der Waals surface area contributed by atoms with Gasteiger partial charge in [0.05, 0.1) is 11.1 Å². The fourth-order valence-corrected chi connectivity index (χ4v) is 1.52. The first-order valence-electron chi connectivity index (χ1n) is 5.79. The second-order valence-corrected chi connectivity index (χ2v) is 5.43. The summed E-state index contributed by atoms with van der Waals surface area (Å²) in [6, 6.07) is 2.28. The van der Waals surface area contributed by atoms with Crippen molar-refractivity contribution in [3.05, 3.63) is 32.8 Å². The molecule has 0 aliphatic heterocycles. The summed E-state index contributed by atoms with van der Waals surface area (Å²) in [7, 11) is 0. The van der Waals surface area contributed by atoms with Crippen molar-refractivity contribution in [3.63, 3.8) is 0 Å². The smallest absolute Gasteiger partial charge is 0.428 e. The van der Waals surface area contributed by atoms with Crippen molar-refractivity contribution in [1.29, 1.82) is 0 Å². The molecule has 0 unspecified atom stereocenters. The van der Waals surface area contributed by atoms with Gasteiger partial charge < -0.3 is 9.84 Å². The number of phenols is 1. The van der Waals surface area contributed by atoms with Gasteiger partial charge in [-0.15, -0.1) is 0 Å². The third kappa shape index (κ3) is 5.27. The van der Waals surface area contributed by atoms with E-state index in [1.54, 1.807) is 20.8 Å². The normalized spacial score (nSPS) is 11.4. The van der Waals surface area contributed by atoms with Crippen LogP contribution in [0.1, 0.15) is 26.3 Å². The maximum absolute atomic E-state index is 11.3. The molecule has 2 N–H and O–H groups in total. The minimum Gasteiger partial charge on any atom is -0.502 e. The topological polar surface area (TPSA) is 114 Å². The molecule has 0 aromatic heterocycles. The Labute approximate surface area is 125 Å². The van der Waals surface area contributed by atoms with Crippen LogP contribution in [0.4, 0.5) is 10.5 Å². The number of halogens is 1. The first kappa shape index (κ1) is 16.7. The number of carbonyl (C=O) groups excluding carboxylic acids is 1. The van der Waals surface area contributed by atoms with Crippen molar-refractivity contribution in [3.8, 4) is 5.75 Å². The lowest BCUT2D eigenvalue weighted by molar-refractivity contribution is -0.385. The van der Waals surface area contributed by atoms with E-state index in [0.717, 1.165) is 12.3 Å². The first-order valence-corrected chi connectivity index (χ1v) is 6.17. The molecule has 0 saturated carbocycles. The van der Waals surface area contributed by atoms with Gasteiger partial charge in [-0.2, -0.15) is 5.10 Å². The van der Waals surface area contributed by atoms with Crippen LogP contribution >= 0.6 is 11.6 Å². The Morgan fingerprint density at radius 2 is 2.14 bits per heavy atom. The van der Waals surface area contributed by atoms with Gasteiger partial charge in [0, 0.05) is 16.7 Å². The SMILES string of the molecule is CC(C)(C)OC(=O)NN=Cc1cc(Cl)cc([N+](=O)[O-])c1O. The number of hydrazone groups is 1. The van der Waals surface area contributed by atoms with Gasteiger partial charge >= 0.3 is 11.8 Å². The number of rotatable bonds is 3. The van der Waals surface area contributed by atoms with Crippen LogP contribution in [-0.2, 0) is 4.74 Å². The number of hydrogen-bond donors (Lipinski definition) is 2. The number of phenolic OH excluding ortho intramolecular Hbond substituents is 1. The summed E-state index contributed by atoms with van der Waals surface area (Å²) < 4.78 is 4.93. The van der Waals surface area contributed by atoms with E-state index in [-0.39, 0.29) is 10.6 Å². The number of benzene rings is 1. The lowest BCUT2D eigenvalue weighted by Gasteiger charge is -2.18. The van der Waals surface area contributed by atoms with Gasteiger partial charge in [-0.1, -0.05) is 11.6 Å². The van der Waals surface area contributed by atoms with Crippen LogP contribution in [0.5, 0.6) is 5.75 Å². The van der Waals surface area contributed by atoms with Crippen molar-refractivity contribution in [1.82, 2.24) is 5.43 Å². The number of amides is 1. The van der Waals surface area contributed by atoms with Crippen LogP contribution in [-0.4, -0.2) is 27.9 Å². The standard InChI is InChI=1S/C12H14ClN3O5/c1-12(2,3)21-11(18)15-14-6-7-4-8(13)5-9(10(7)17)16(19)20/h4-6,17H,1-3H3,(H,15,18). The molecule has 0 radical (unpaired) electrons. The summed E-state index contributed by atoms with van der Waals surface area (Å²) in [5, 5.41) is 24.0. The Kier molecular flexibility index (Phi) is 5.09. The van der Waals surface area contributed by atoms with Crippen LogP contribution in [0.25, 0.3) is 0 Å². The number of hydrogen-bond acceptors (Lipinski definition) is 6. The highest BCUT2D eigenvalue weighted by molar-refractivity contribution is 6.31. The fourth-order valence-electron chi connectivity index (χ4n) is 1.30. The summed E-state index contributed by atoms with van der Waals surface area (Å²) in [6.45, 7) is 5.05. The van der Waals surface area contributed by atoms with Crippen molar-refractivity contribution < 1.29 is 19.6 Å². The van der Waals surface area contributed by atoms with Gasteiger partial charge in [-0.3, -0.25) is 10.1 Å². The molecule has 21 heavy (non-hydrogen) atoms. The molecule has 1 rings (SSSR count). The Balaban J connectivity index is 2.86. The fraction of sp³-hybridized carbons (Fsp3) is 0.333. The monoisotopic (exact) mass is 315 g/mol. The predicted molar refractivity (Wildman–Crippen MR) is 76.7 cm³/mol. The highest BCUT2D eigenvalue weighted by Crippen LogP contribution is 2.32. The summed E-state index contributed by atoms with van der Waals surface area (Å²) in [5.74, 6) is -0.598. The maximum Gasteiger partial charge on any atom is 0.428 e. The maximum atomic E-state index is 11.3. The van der Waals surface area contributed by atoms with E-state index < -0.39 is 28.1 Å². The molecule has 1 aromatic carbocycles. The molecule has 0 saturated heterocycles. The third-order valence-electron chi connectivity index (χ3n) is 2.04. The second kappa shape index (κ2) is 6.40. The predicted octanol–water partition coefficient (Wildman–Crippen LogP) is 2.81. The Morgan fingerprint density at radius 3 is 2.67 bits per heavy atom. The number of ether oxygens (including phenoxy) is 1. The molecular formula is C12H14ClN3O5. The van der Waals surface area contributed by atoms with Crippen molar-refractivity contribution >= 4 is 29.6 Å². The summed E-state index contributed by atoms with van der Waals surface area (Å²) >= 11 is 5.71. The zero-order valence-electron chi connectivity index (χ0n) is 11.6. The zero-order chi connectivity index (χ0) is 16.2. The number of nitro groups is 1. The van der Waals surface area contributed by atoms with Crippen LogP contribution in [0.15, 0.2) is 17.2 Å². The molecule has 0 heterocycles. The van der Waals surface area contributed by atoms with Gasteiger partial charge in [-0.05, 0) is 26.8 Å². The molecule has 1 amide bonds. The number of nitro benzene ring substituents is 1. The molecule has 0 aliphatic rings. The number of carbonyl (C=O) groups is 1. The van der Waals surface area contributed by atoms with Gasteiger partial charge in [0.25, 0.3) is 0 Å². The van der Waals surface area contributed by atoms with Crippen LogP contribution in [0.3, 0.4) is 0 Å². The molecule has 9 heteroatoms. The minimum atomic E-state index is -0.797. The molecule has 0 bridgehead atoms. The van der Waals surface area contributed by atoms with E-state index in [4.69, 9.17) is 16.3 Å². The number of aromatic hydroxyl groups is 1. The largest absolute Gasteiger partial charge is 0.502 e. The third-order valence-corrected chi connectivity index (χ3v) is 2.26. The molecule has 8 nitrogen and oxygen atoms in total. The van der Waals surface area contributed by atoms with E-state index in [2.05, 4.69) is 10.5 Å². The molecule has 0 aliphatic carbocycles. The molecule has 114 valence electrons. The second-order valence-electron chi connectivity index (χ2n) is 4.99. The summed E-state index contributed by atoms with van der Waals surface area (Å²) in [6.07, 6.45) is 0.229. The highest BCUT2D eigenvalue weighted by atomic mass is 35.5. The molecular weight excluding hydrogens is 302 g/mol. The van der Waals surface area contributed by atoms with Gasteiger partial charge in [0.15, 0.2) is 0 Å². The Bertz CT molecular complexity index is 595. The van der Waals surface area contributed by atoms with Gasteiger partial charge in [-0.25, -0.2) is 10.2 Å². The van der Waals surface area contributed by atoms with E-state index in [0.29, 0.717) is 0 Å². The number of nitrogens with one attached hydrogen (secondary N) is 1. The molecule has 1 aromatic rings. The average molecular weight is 316 g/mol. The van der Waals surface area contributed by atoms with Crippen LogP contribution < -0.4 is 5.43 Å². The molecule has 0 spiro atoms. The van der Waals surface area contributed by atoms with E-state index >= 15 is 0 Å². The van der Waals surface area contributed by atoms with Crippen molar-refractivity contribution in [2.75, 3.05) is 0 Å². The zero-order valence-corrected chi connectivity index (χ0v) is 12.3. The van der Waals surface area contributed by atoms with Crippen LogP contribution in [0, 0.1) is 10.1 Å². The first-order chi connectivity index (χ1) is 9.60. The molecule has 0 fully saturated rings. The van der Waals surface area contributed by atoms with E-state index in [1.165, 1.54) is 6.07 Å². The lowest BCUT2D eigenvalue weighted by atomic mass is 10.2. The minimum absolute atomic E-state index is 0.00902. The highest BCUT2D eigenvalue weighted by Gasteiger charge is 2.18. The van der Waals surface area contributed by atoms with Crippen LogP contribution in [0.2, 0.25) is 5.02 Å². The lowest BCUT2D eigenvalue weighted by Crippen LogP contribution is -2.29. The van der Waals surface area contributed by atoms with Crippen molar-refractivity contribution in [2.24, 2.45) is 5.10 Å². The molecule has 0 atom stereocenters. The summed E-state index contributed by atoms with van der Waals surface area (Å²) in [5.41, 5.74) is 0.820.